The molecule has 0 aromatic carbocycles. The Hall–Kier alpha value is -3.33. The van der Waals surface area contributed by atoms with Crippen molar-refractivity contribution in [2.45, 2.75) is 51.0 Å². The fraction of sp³-hybridized carbons (Fsp3) is 0.409. The summed E-state index contributed by atoms with van der Waals surface area (Å²) < 4.78 is 1.68. The lowest BCUT2D eigenvalue weighted by Crippen LogP contribution is -2.46. The van der Waals surface area contributed by atoms with Gasteiger partial charge in [0.1, 0.15) is 12.4 Å². The smallest absolute Gasteiger partial charge is 0.246 e. The van der Waals surface area contributed by atoms with Gasteiger partial charge >= 0.3 is 0 Å². The van der Waals surface area contributed by atoms with Crippen LogP contribution in [0, 0.1) is 0 Å². The van der Waals surface area contributed by atoms with E-state index in [-0.39, 0.29) is 18.7 Å². The molecule has 1 aliphatic carbocycles. The minimum Gasteiger partial charge on any atom is -0.336 e. The van der Waals surface area contributed by atoms with E-state index in [9.17, 15) is 4.79 Å². The highest BCUT2D eigenvalue weighted by molar-refractivity contribution is 5.93. The molecule has 9 nitrogen and oxygen atoms in total. The van der Waals surface area contributed by atoms with E-state index in [2.05, 4.69) is 42.6 Å². The van der Waals surface area contributed by atoms with Gasteiger partial charge in [0.15, 0.2) is 6.29 Å². The summed E-state index contributed by atoms with van der Waals surface area (Å²) in [7, 11) is 2.12. The van der Waals surface area contributed by atoms with Crippen molar-refractivity contribution in [1.82, 2.24) is 24.6 Å². The van der Waals surface area contributed by atoms with Crippen molar-refractivity contribution in [3.8, 4) is 0 Å². The summed E-state index contributed by atoms with van der Waals surface area (Å²) in [6, 6.07) is 6.07. The molecule has 3 aromatic rings. The Labute approximate surface area is 180 Å². The Balaban J connectivity index is 1.26. The van der Waals surface area contributed by atoms with E-state index in [1.807, 2.05) is 24.4 Å². The predicted octanol–water partition coefficient (Wildman–Crippen LogP) is 2.86. The molecule has 0 bridgehead atoms. The molecule has 0 spiro atoms. The maximum Gasteiger partial charge on any atom is 0.246 e. The fourth-order valence-electron chi connectivity index (χ4n) is 4.34. The highest BCUT2D eigenvalue weighted by Gasteiger charge is 2.27. The first kappa shape index (κ1) is 19.6. The minimum atomic E-state index is -0.176. The van der Waals surface area contributed by atoms with Crippen LogP contribution in [0.1, 0.15) is 37.7 Å². The van der Waals surface area contributed by atoms with E-state index in [1.165, 1.54) is 32.1 Å². The molecular weight excluding hydrogens is 392 g/mol. The van der Waals surface area contributed by atoms with Gasteiger partial charge in [-0.05, 0) is 38.1 Å². The Morgan fingerprint density at radius 1 is 1.23 bits per heavy atom. The van der Waals surface area contributed by atoms with Crippen LogP contribution in [0.25, 0.3) is 11.0 Å². The number of amides is 1. The summed E-state index contributed by atoms with van der Waals surface area (Å²) in [5.41, 5.74) is 3.03. The second-order valence-electron chi connectivity index (χ2n) is 8.17. The van der Waals surface area contributed by atoms with Gasteiger partial charge in [0.05, 0.1) is 34.7 Å². The molecule has 1 unspecified atom stereocenters. The first-order valence-corrected chi connectivity index (χ1v) is 10.8. The normalized spacial score (nSPS) is 18.7. The number of aromatic nitrogens is 4. The van der Waals surface area contributed by atoms with Crippen LogP contribution < -0.4 is 10.6 Å². The number of rotatable bonds is 5. The van der Waals surface area contributed by atoms with Crippen LogP contribution in [-0.4, -0.2) is 56.1 Å². The molecule has 1 amide bonds. The summed E-state index contributed by atoms with van der Waals surface area (Å²) in [6.07, 6.45) is 13.0. The molecule has 9 heteroatoms. The lowest BCUT2D eigenvalue weighted by molar-refractivity contribution is -0.116. The molecule has 2 aliphatic rings. The van der Waals surface area contributed by atoms with E-state index < -0.39 is 0 Å². The Morgan fingerprint density at radius 3 is 2.97 bits per heavy atom. The second kappa shape index (κ2) is 8.43. The molecule has 1 atom stereocenters. The van der Waals surface area contributed by atoms with Crippen LogP contribution in [0.2, 0.25) is 0 Å². The van der Waals surface area contributed by atoms with Gasteiger partial charge in [0.2, 0.25) is 5.91 Å². The number of aliphatic imine (C=N–C) groups is 1. The number of anilines is 2. The molecule has 1 saturated carbocycles. The average molecular weight is 419 g/mol. The SMILES string of the molecule is CN(C1CCCCC1)C1N=Cc2cnn(CC(=O)Nc3cnc4cccnc4c3)c2N1. The van der Waals surface area contributed by atoms with Gasteiger partial charge in [-0.3, -0.25) is 24.7 Å². The van der Waals surface area contributed by atoms with Crippen molar-refractivity contribution in [2.75, 3.05) is 17.7 Å². The van der Waals surface area contributed by atoms with Crippen molar-refractivity contribution >= 4 is 34.7 Å². The summed E-state index contributed by atoms with van der Waals surface area (Å²) >= 11 is 0. The average Bonchev–Trinajstić information content (AvgIpc) is 3.21. The molecule has 0 saturated heterocycles. The highest BCUT2D eigenvalue weighted by Crippen LogP contribution is 2.26. The van der Waals surface area contributed by atoms with Gasteiger partial charge in [-0.25, -0.2) is 4.68 Å². The standard InChI is InChI=1S/C22H26N8O/c1-29(17-6-3-2-4-7-17)22-25-11-15-12-26-30(21(15)28-22)14-20(31)27-16-10-19-18(24-13-16)8-5-9-23-19/h5,8-13,17,22,28H,2-4,6-7,14H2,1H3,(H,27,31). The van der Waals surface area contributed by atoms with Crippen molar-refractivity contribution in [3.05, 3.63) is 42.4 Å². The molecule has 4 heterocycles. The van der Waals surface area contributed by atoms with Crippen LogP contribution >= 0.6 is 0 Å². The molecular formula is C22H26N8O. The number of hydrogen-bond donors (Lipinski definition) is 2. The van der Waals surface area contributed by atoms with E-state index >= 15 is 0 Å². The van der Waals surface area contributed by atoms with E-state index in [0.29, 0.717) is 11.7 Å². The largest absolute Gasteiger partial charge is 0.336 e. The molecule has 0 radical (unpaired) electrons. The zero-order chi connectivity index (χ0) is 21.2. The minimum absolute atomic E-state index is 0.0935. The van der Waals surface area contributed by atoms with Crippen LogP contribution in [0.4, 0.5) is 11.5 Å². The molecule has 31 heavy (non-hydrogen) atoms. The zero-order valence-corrected chi connectivity index (χ0v) is 17.5. The van der Waals surface area contributed by atoms with Crippen LogP contribution in [-0.2, 0) is 11.3 Å². The number of hydrogen-bond acceptors (Lipinski definition) is 7. The van der Waals surface area contributed by atoms with Gasteiger partial charge in [0.25, 0.3) is 0 Å². The monoisotopic (exact) mass is 418 g/mol. The zero-order valence-electron chi connectivity index (χ0n) is 17.5. The third kappa shape index (κ3) is 4.13. The van der Waals surface area contributed by atoms with Crippen molar-refractivity contribution in [2.24, 2.45) is 4.99 Å². The molecule has 3 aromatic heterocycles. The van der Waals surface area contributed by atoms with Crippen LogP contribution in [0.3, 0.4) is 0 Å². The molecule has 5 rings (SSSR count). The summed E-state index contributed by atoms with van der Waals surface area (Å²) in [6.45, 7) is 0.0935. The third-order valence-electron chi connectivity index (χ3n) is 6.05. The predicted molar refractivity (Wildman–Crippen MR) is 120 cm³/mol. The van der Waals surface area contributed by atoms with Crippen LogP contribution in [0.15, 0.2) is 41.8 Å². The Kier molecular flexibility index (Phi) is 5.33. The van der Waals surface area contributed by atoms with Gasteiger partial charge in [-0.15, -0.1) is 0 Å². The number of pyridine rings is 2. The van der Waals surface area contributed by atoms with E-state index in [0.717, 1.165) is 22.4 Å². The number of nitrogens with zero attached hydrogens (tertiary/aromatic N) is 6. The number of carbonyl (C=O) groups excluding carboxylic acids is 1. The van der Waals surface area contributed by atoms with Gasteiger partial charge in [-0.1, -0.05) is 19.3 Å². The Morgan fingerprint density at radius 2 is 2.10 bits per heavy atom. The first-order chi connectivity index (χ1) is 15.2. The van der Waals surface area contributed by atoms with Crippen LogP contribution in [0.5, 0.6) is 0 Å². The lowest BCUT2D eigenvalue weighted by atomic mass is 9.94. The number of nitrogens with one attached hydrogen (secondary N) is 2. The van der Waals surface area contributed by atoms with Crippen molar-refractivity contribution in [1.29, 1.82) is 0 Å². The molecule has 160 valence electrons. The highest BCUT2D eigenvalue weighted by atomic mass is 16.2. The summed E-state index contributed by atoms with van der Waals surface area (Å²) in [5.74, 6) is 0.639. The number of carbonyl (C=O) groups is 1. The third-order valence-corrected chi connectivity index (χ3v) is 6.05. The number of fused-ring (bicyclic) bond motifs is 2. The van der Waals surface area contributed by atoms with Gasteiger partial charge in [-0.2, -0.15) is 5.10 Å². The maximum absolute atomic E-state index is 12.7. The van der Waals surface area contributed by atoms with E-state index in [1.54, 1.807) is 23.3 Å². The Bertz CT molecular complexity index is 1120. The molecule has 2 N–H and O–H groups in total. The molecule has 1 aliphatic heterocycles. The van der Waals surface area contributed by atoms with E-state index in [4.69, 9.17) is 0 Å². The topological polar surface area (TPSA) is 100 Å². The lowest BCUT2D eigenvalue weighted by Gasteiger charge is -2.36. The summed E-state index contributed by atoms with van der Waals surface area (Å²) in [5, 5.41) is 10.7. The van der Waals surface area contributed by atoms with Gasteiger partial charge in [0, 0.05) is 18.5 Å². The molecule has 1 fully saturated rings. The second-order valence-corrected chi connectivity index (χ2v) is 8.17. The summed E-state index contributed by atoms with van der Waals surface area (Å²) in [4.78, 5) is 28.2. The first-order valence-electron chi connectivity index (χ1n) is 10.8. The van der Waals surface area contributed by atoms with Crippen molar-refractivity contribution < 1.29 is 4.79 Å². The van der Waals surface area contributed by atoms with Gasteiger partial charge < -0.3 is 10.6 Å². The quantitative estimate of drug-likeness (QED) is 0.661. The van der Waals surface area contributed by atoms with Crippen molar-refractivity contribution in [3.63, 3.8) is 0 Å². The fourth-order valence-corrected chi connectivity index (χ4v) is 4.34. The maximum atomic E-state index is 12.7.